The first-order chi connectivity index (χ1) is 29.4. The maximum atomic E-state index is 13.7. The topological polar surface area (TPSA) is 193 Å². The standard InChI is InChI=1S/C46H54N8O7/c1-25(2)37(51-44(57)59-5)41(55)53-46(19-8-20-46)43-49-33-18-22-61-36-24-30(14-16-31(36)39(33)50-43)28-12-10-27(11-13-28)29-15-17-32-34(23-29)48-40(47-32)35-9-7-21-54(35)42(56)38(26(3)4)52-45(58)60-6/h10-17,23-26,35,37-38H,7-9,18-22H2,1-6H3,(H,47,48)(H,49,50)(H,51,57)(H,52,58)(H,53,55)/t35-,37?,38-/m0/s1. The van der Waals surface area contributed by atoms with Crippen LogP contribution in [0.3, 0.4) is 0 Å². The first kappa shape index (κ1) is 41.4. The zero-order valence-corrected chi connectivity index (χ0v) is 35.5. The van der Waals surface area contributed by atoms with E-state index < -0.39 is 29.8 Å². The molecule has 61 heavy (non-hydrogen) atoms. The molecule has 0 radical (unpaired) electrons. The third kappa shape index (κ3) is 8.12. The first-order valence-electron chi connectivity index (χ1n) is 21.2. The Balaban J connectivity index is 0.985. The number of benzene rings is 3. The fraction of sp³-hybridized carbons (Fsp3) is 0.435. The van der Waals surface area contributed by atoms with Crippen molar-refractivity contribution in [2.24, 2.45) is 11.8 Å². The molecular formula is C46H54N8O7. The van der Waals surface area contributed by atoms with Gasteiger partial charge in [0.2, 0.25) is 11.8 Å². The van der Waals surface area contributed by atoms with Crippen LogP contribution in [0, 0.1) is 11.8 Å². The number of fused-ring (bicyclic) bond motifs is 4. The fourth-order valence-corrected chi connectivity index (χ4v) is 8.72. The van der Waals surface area contributed by atoms with E-state index in [-0.39, 0.29) is 29.7 Å². The summed E-state index contributed by atoms with van der Waals surface area (Å²) in [5.74, 6) is 1.53. The van der Waals surface area contributed by atoms with Gasteiger partial charge in [-0.1, -0.05) is 64.1 Å². The maximum Gasteiger partial charge on any atom is 0.407 e. The van der Waals surface area contributed by atoms with Crippen molar-refractivity contribution < 1.29 is 33.4 Å². The van der Waals surface area contributed by atoms with Crippen LogP contribution in [-0.4, -0.2) is 88.3 Å². The van der Waals surface area contributed by atoms with Gasteiger partial charge >= 0.3 is 12.2 Å². The number of rotatable bonds is 11. The molecule has 1 saturated heterocycles. The Kier molecular flexibility index (Phi) is 11.5. The lowest BCUT2D eigenvalue weighted by atomic mass is 9.75. The second kappa shape index (κ2) is 16.9. The van der Waals surface area contributed by atoms with E-state index in [1.54, 1.807) is 0 Å². The number of hydrogen-bond donors (Lipinski definition) is 5. The predicted molar refractivity (Wildman–Crippen MR) is 229 cm³/mol. The number of hydrogen-bond acceptors (Lipinski definition) is 9. The highest BCUT2D eigenvalue weighted by Crippen LogP contribution is 2.44. The molecule has 1 saturated carbocycles. The van der Waals surface area contributed by atoms with Gasteiger partial charge in [0.05, 0.1) is 49.1 Å². The minimum absolute atomic E-state index is 0.112. The average Bonchev–Trinajstić information content (AvgIpc) is 3.99. The zero-order valence-electron chi connectivity index (χ0n) is 35.5. The molecule has 3 aromatic carbocycles. The number of aromatic nitrogens is 4. The molecule has 0 spiro atoms. The maximum absolute atomic E-state index is 13.7. The predicted octanol–water partition coefficient (Wildman–Crippen LogP) is 7.14. The second-order valence-corrected chi connectivity index (χ2v) is 17.0. The molecule has 2 fully saturated rings. The molecule has 1 unspecified atom stereocenters. The normalized spacial score (nSPS) is 17.6. The van der Waals surface area contributed by atoms with E-state index in [0.29, 0.717) is 19.6 Å². The summed E-state index contributed by atoms with van der Waals surface area (Å²) in [6.45, 7) is 8.64. The number of aromatic amines is 2. The SMILES string of the molecule is COC(=O)NC(C(=O)NC1(c2nc3c([nH]2)CCOc2cc(-c4ccc(-c5ccc6nc([C@@H]7CCCN7C(=O)[C@@H](NC(=O)OC)C(C)C)[nH]c6c5)cc4)ccc2-3)CCC1)C(C)C. The van der Waals surface area contributed by atoms with E-state index in [1.165, 1.54) is 14.2 Å². The average molecular weight is 831 g/mol. The van der Waals surface area contributed by atoms with Crippen LogP contribution in [0.15, 0.2) is 60.7 Å². The second-order valence-electron chi connectivity index (χ2n) is 17.0. The third-order valence-corrected chi connectivity index (χ3v) is 12.4. The summed E-state index contributed by atoms with van der Waals surface area (Å²) in [6, 6.07) is 19.1. The van der Waals surface area contributed by atoms with E-state index in [0.717, 1.165) is 99.7 Å². The number of imidazole rings is 2. The third-order valence-electron chi connectivity index (χ3n) is 12.4. The number of H-pyrrole nitrogens is 2. The number of carbonyl (C=O) groups excluding carboxylic acids is 4. The number of amides is 4. The quantitative estimate of drug-likeness (QED) is 0.0920. The lowest BCUT2D eigenvalue weighted by Gasteiger charge is -2.42. The van der Waals surface area contributed by atoms with E-state index in [2.05, 4.69) is 80.5 Å². The highest BCUT2D eigenvalue weighted by Gasteiger charge is 2.45. The summed E-state index contributed by atoms with van der Waals surface area (Å²) >= 11 is 0. The Bertz CT molecular complexity index is 2450. The number of alkyl carbamates (subject to hydrolysis) is 2. The van der Waals surface area contributed by atoms with Crippen molar-refractivity contribution in [3.05, 3.63) is 78.0 Å². The van der Waals surface area contributed by atoms with E-state index in [1.807, 2.05) is 38.7 Å². The van der Waals surface area contributed by atoms with Crippen LogP contribution in [0.2, 0.25) is 0 Å². The first-order valence-corrected chi connectivity index (χ1v) is 21.2. The van der Waals surface area contributed by atoms with Crippen LogP contribution in [0.1, 0.15) is 83.2 Å². The Labute approximate surface area is 354 Å². The molecule has 2 aliphatic heterocycles. The van der Waals surface area contributed by atoms with Gasteiger partial charge in [-0.25, -0.2) is 19.6 Å². The largest absolute Gasteiger partial charge is 0.492 e. The molecule has 4 amide bonds. The van der Waals surface area contributed by atoms with Crippen LogP contribution in [0.25, 0.3) is 44.5 Å². The summed E-state index contributed by atoms with van der Waals surface area (Å²) in [5.41, 5.74) is 7.84. The van der Waals surface area contributed by atoms with E-state index in [4.69, 9.17) is 24.2 Å². The highest BCUT2D eigenvalue weighted by molar-refractivity contribution is 5.88. The number of methoxy groups -OCH3 is 2. The lowest BCUT2D eigenvalue weighted by Crippen LogP contribution is -2.58. The Morgan fingerprint density at radius 2 is 1.44 bits per heavy atom. The molecule has 2 aromatic heterocycles. The summed E-state index contributed by atoms with van der Waals surface area (Å²) in [5, 5.41) is 8.61. The van der Waals surface area contributed by atoms with Gasteiger partial charge in [-0.2, -0.15) is 0 Å². The van der Waals surface area contributed by atoms with Gasteiger partial charge in [0.25, 0.3) is 0 Å². The van der Waals surface area contributed by atoms with Crippen molar-refractivity contribution >= 4 is 35.0 Å². The fourth-order valence-electron chi connectivity index (χ4n) is 8.72. The molecule has 15 nitrogen and oxygen atoms in total. The molecule has 5 N–H and O–H groups in total. The molecule has 1 aliphatic carbocycles. The van der Waals surface area contributed by atoms with Crippen LogP contribution < -0.4 is 20.7 Å². The summed E-state index contributed by atoms with van der Waals surface area (Å²) in [7, 11) is 2.58. The van der Waals surface area contributed by atoms with Crippen molar-refractivity contribution in [2.45, 2.75) is 89.9 Å². The zero-order chi connectivity index (χ0) is 43.0. The molecule has 320 valence electrons. The molecule has 8 rings (SSSR count). The van der Waals surface area contributed by atoms with Crippen molar-refractivity contribution in [3.63, 3.8) is 0 Å². The minimum atomic E-state index is -0.746. The van der Waals surface area contributed by atoms with Crippen LogP contribution in [0.4, 0.5) is 9.59 Å². The monoisotopic (exact) mass is 830 g/mol. The lowest BCUT2D eigenvalue weighted by molar-refractivity contribution is -0.135. The molecule has 3 atom stereocenters. The molecular weight excluding hydrogens is 777 g/mol. The van der Waals surface area contributed by atoms with E-state index >= 15 is 0 Å². The summed E-state index contributed by atoms with van der Waals surface area (Å²) < 4.78 is 15.8. The summed E-state index contributed by atoms with van der Waals surface area (Å²) in [6.07, 6.45) is 3.41. The van der Waals surface area contributed by atoms with Crippen molar-refractivity contribution in [1.82, 2.24) is 40.8 Å². The van der Waals surface area contributed by atoms with Crippen molar-refractivity contribution in [3.8, 4) is 39.3 Å². The molecule has 15 heteroatoms. The van der Waals surface area contributed by atoms with Gasteiger partial charge < -0.3 is 45.0 Å². The Morgan fingerprint density at radius 1 is 0.803 bits per heavy atom. The summed E-state index contributed by atoms with van der Waals surface area (Å²) in [4.78, 5) is 70.0. The number of carbonyl (C=O) groups is 4. The van der Waals surface area contributed by atoms with Gasteiger partial charge in [0, 0.05) is 24.2 Å². The number of likely N-dealkylation sites (tertiary alicyclic amines) is 1. The van der Waals surface area contributed by atoms with Crippen molar-refractivity contribution in [1.29, 1.82) is 0 Å². The smallest absolute Gasteiger partial charge is 0.407 e. The van der Waals surface area contributed by atoms with Gasteiger partial charge in [0.15, 0.2) is 0 Å². The Hall–Kier alpha value is -6.38. The molecule has 3 aliphatic rings. The van der Waals surface area contributed by atoms with Gasteiger partial charge in [0.1, 0.15) is 29.5 Å². The van der Waals surface area contributed by atoms with Gasteiger partial charge in [-0.05, 0) is 90.5 Å². The van der Waals surface area contributed by atoms with Crippen LogP contribution in [-0.2, 0) is 31.0 Å². The molecule has 4 heterocycles. The number of nitrogens with zero attached hydrogens (tertiary/aromatic N) is 3. The number of ether oxygens (including phenoxy) is 3. The van der Waals surface area contributed by atoms with Gasteiger partial charge in [-0.3, -0.25) is 9.59 Å². The molecule has 5 aromatic rings. The molecule has 0 bridgehead atoms. The van der Waals surface area contributed by atoms with Gasteiger partial charge in [-0.15, -0.1) is 0 Å². The minimum Gasteiger partial charge on any atom is -0.492 e. The van der Waals surface area contributed by atoms with Crippen molar-refractivity contribution in [2.75, 3.05) is 27.4 Å². The van der Waals surface area contributed by atoms with Crippen LogP contribution >= 0.6 is 0 Å². The van der Waals surface area contributed by atoms with Crippen LogP contribution in [0.5, 0.6) is 5.75 Å². The van der Waals surface area contributed by atoms with E-state index in [9.17, 15) is 19.2 Å². The Morgan fingerprint density at radius 3 is 2.08 bits per heavy atom. The highest BCUT2D eigenvalue weighted by atomic mass is 16.5. The number of nitrogens with one attached hydrogen (secondary N) is 5.